The van der Waals surface area contributed by atoms with Gasteiger partial charge in [-0.05, 0) is 330 Å². The minimum Gasteiger partial charge on any atom is -0.508 e. The number of aromatic hydroxyl groups is 2. The predicted molar refractivity (Wildman–Crippen MR) is 413 cm³/mol. The van der Waals surface area contributed by atoms with Crippen molar-refractivity contribution >= 4 is 11.8 Å². The third-order valence-corrected chi connectivity index (χ3v) is 33.3. The van der Waals surface area contributed by atoms with Crippen molar-refractivity contribution in [1.82, 2.24) is 16.8 Å². The summed E-state index contributed by atoms with van der Waals surface area (Å²) in [5, 5.41) is 34.3. The number of ketones is 1. The second-order valence-electron chi connectivity index (χ2n) is 38.3. The summed E-state index contributed by atoms with van der Waals surface area (Å²) in [6.07, 6.45) is 33.6. The van der Waals surface area contributed by atoms with Crippen LogP contribution < -0.4 is 22.5 Å². The smallest absolute Gasteiger partial charge is 0.300 e. The lowest BCUT2D eigenvalue weighted by atomic mass is 9.32. The molecule has 2 heterocycles. The van der Waals surface area contributed by atoms with Crippen LogP contribution >= 0.6 is 0 Å². The van der Waals surface area contributed by atoms with E-state index in [1.807, 2.05) is 24.3 Å². The first-order chi connectivity index (χ1) is 47.4. The number of nitrogens with two attached hydrogens (primary N) is 1. The van der Waals surface area contributed by atoms with Crippen molar-refractivity contribution in [2.45, 2.75) is 282 Å². The van der Waals surface area contributed by atoms with E-state index in [1.54, 1.807) is 24.3 Å². The molecular weight excluding hydrogens is 1270 g/mol. The Morgan fingerprint density at radius 3 is 1.37 bits per heavy atom. The lowest BCUT2D eigenvalue weighted by molar-refractivity contribution is -0.249. The molecule has 10 saturated carbocycles. The Morgan fingerprint density at radius 2 is 0.951 bits per heavy atom. The number of rotatable bonds is 18. The molecule has 0 aromatic heterocycles. The van der Waals surface area contributed by atoms with Gasteiger partial charge in [0, 0.05) is 51.1 Å². The number of hydrogen-bond donors (Lipinski definition) is 7. The molecule has 0 bridgehead atoms. The van der Waals surface area contributed by atoms with E-state index >= 15 is 0 Å². The molecule has 14 rings (SSSR count). The second-order valence-corrected chi connectivity index (χ2v) is 38.3. The van der Waals surface area contributed by atoms with E-state index in [9.17, 15) is 15.0 Å². The number of phenolic OH excluding ortho intramolecular Hbond substituents is 2. The van der Waals surface area contributed by atoms with Crippen LogP contribution in [0.1, 0.15) is 262 Å². The fraction of sp³-hybridized carbons (Fsp3) is 0.798. The van der Waals surface area contributed by atoms with Crippen LogP contribution in [0.2, 0.25) is 0 Å². The van der Waals surface area contributed by atoms with Gasteiger partial charge in [-0.15, -0.1) is 0 Å². The zero-order valence-electron chi connectivity index (χ0n) is 65.1. The number of nitrogens with one attached hydrogen (secondary N) is 2. The maximum Gasteiger partial charge on any atom is 0.300 e. The number of carbonyl (C=O) groups is 2. The molecule has 2 aromatic rings. The van der Waals surface area contributed by atoms with Crippen molar-refractivity contribution in [3.05, 3.63) is 84.0 Å². The molecule has 0 amide bonds. The molecule has 0 spiro atoms. The third kappa shape index (κ3) is 14.7. The van der Waals surface area contributed by atoms with E-state index < -0.39 is 5.97 Å². The van der Waals surface area contributed by atoms with Gasteiger partial charge < -0.3 is 56.8 Å². The Kier molecular flexibility index (Phi) is 25.0. The summed E-state index contributed by atoms with van der Waals surface area (Å²) in [7, 11) is 0. The molecule has 574 valence electrons. The molecule has 102 heavy (non-hydrogen) atoms. The summed E-state index contributed by atoms with van der Waals surface area (Å²) < 4.78 is 25.8. The van der Waals surface area contributed by atoms with Crippen LogP contribution in [0.5, 0.6) is 11.5 Å². The number of ether oxygens (including phenoxy) is 4. The van der Waals surface area contributed by atoms with Crippen LogP contribution in [0.4, 0.5) is 0 Å². The Labute approximate surface area is 618 Å². The molecule has 13 heteroatoms. The number of fused-ring (bicyclic) bond motifs is 14. The van der Waals surface area contributed by atoms with E-state index in [1.165, 1.54) is 157 Å². The number of benzene rings is 2. The van der Waals surface area contributed by atoms with E-state index in [0.717, 1.165) is 116 Å². The highest BCUT2D eigenvalue weighted by Gasteiger charge is 2.73. The van der Waals surface area contributed by atoms with Gasteiger partial charge in [-0.25, -0.2) is 0 Å². The van der Waals surface area contributed by atoms with Gasteiger partial charge >= 0.3 is 0 Å². The van der Waals surface area contributed by atoms with Crippen LogP contribution in [-0.2, 0) is 41.4 Å². The van der Waals surface area contributed by atoms with Gasteiger partial charge in [0.2, 0.25) is 0 Å². The SMILES string of the molecule is C.C=C(CNCCc1ccc(O)cc1)[C@@H]1CC[C@]2(COC3CCCCO3)CC[C@]3(C)[C@H](CC[C@@H]4[C@@]5(C)CCC(=O)C(C)(C)[C@@H]5CC[C@]43C)[C@@H]12.C=C(CNCCc1ccc(O)cc1)[C@@H]1CC[C@]2(COC3CCCCO3)CC[C@]3(C)[C@H](CC[C@@H]4[C@@]5(C)CCC(N)C(C)(C)[C@@H]5CC[C@]43C)[C@@H]12.CC(=O)O.N. The number of carboxylic acids is 1. The monoisotopic (exact) mass is 1410 g/mol. The van der Waals surface area contributed by atoms with Gasteiger partial charge in [0.05, 0.1) is 13.2 Å². The minimum absolute atomic E-state index is 0. The van der Waals surface area contributed by atoms with Crippen molar-refractivity contribution in [3.8, 4) is 11.5 Å². The standard InChI is InChI=1S/C43H68N2O3.C43H65NO4.C2H4O2.CH4.H3N/c1-29(27-45-25-19-30-10-12-31(46)13-11-30)32-16-22-43(28-48-37-9-7-8-26-47-37)24-23-41(5)33(38(32)43)14-15-35-40(4)20-18-36(44)39(2,3)34(40)17-21-42(35,41)6;1-29(27-44-25-19-30-10-12-31(45)13-11-30)32-16-22-43(28-48-37-9-7-8-26-47-37)24-23-41(5)33(38(32)43)14-15-35-40(4)20-18-36(46)39(2,3)34(40)17-21-42(35,41)6;1-2(3)4;;/h10-13,32-38,45-46H,1,7-9,14-28,44H2,2-6H3;10-13,32-35,37-38,44-45H,1,7-9,14-28H2,2-6H3;1H3,(H,3,4);1H4;1H3/t32-,33+,34-,35+,36?,37?,38+,40-,41+,42+,43+;32-,33+,34-,35+,37?,38+,40-,41+,42+,43+;;;/m00.../s1. The first-order valence-corrected chi connectivity index (χ1v) is 40.7. The number of carbonyl (C=O) groups excluding carboxylic acids is 1. The Bertz CT molecular complexity index is 3170. The summed E-state index contributed by atoms with van der Waals surface area (Å²) in [6.45, 7) is 43.5. The van der Waals surface area contributed by atoms with Gasteiger partial charge in [-0.1, -0.05) is 125 Å². The first kappa shape index (κ1) is 80.9. The molecule has 21 atom stereocenters. The van der Waals surface area contributed by atoms with Gasteiger partial charge in [0.25, 0.3) is 5.97 Å². The summed E-state index contributed by atoms with van der Waals surface area (Å²) >= 11 is 0. The predicted octanol–water partition coefficient (Wildman–Crippen LogP) is 19.2. The first-order valence-electron chi connectivity index (χ1n) is 40.7. The Morgan fingerprint density at radius 1 is 0.529 bits per heavy atom. The zero-order chi connectivity index (χ0) is 71.5. The number of carboxylic acid groups (broad SMARTS) is 1. The van der Waals surface area contributed by atoms with Crippen LogP contribution in [0, 0.1) is 113 Å². The summed E-state index contributed by atoms with van der Waals surface area (Å²) in [5.41, 5.74) is 14.5. The Balaban J connectivity index is 0.000000205. The molecule has 12 aliphatic rings. The maximum absolute atomic E-state index is 13.2. The third-order valence-electron chi connectivity index (χ3n) is 33.3. The van der Waals surface area contributed by atoms with Crippen molar-refractivity contribution < 1.29 is 43.9 Å². The fourth-order valence-electron chi connectivity index (χ4n) is 27.5. The summed E-state index contributed by atoms with van der Waals surface area (Å²) in [4.78, 5) is 22.2. The molecule has 2 aliphatic heterocycles. The zero-order valence-corrected chi connectivity index (χ0v) is 65.1. The van der Waals surface area contributed by atoms with Crippen LogP contribution in [-0.4, -0.2) is 98.3 Å². The highest BCUT2D eigenvalue weighted by Crippen LogP contribution is 2.80. The molecule has 0 radical (unpaired) electrons. The number of hydrogen-bond acceptors (Lipinski definition) is 12. The average Bonchev–Trinajstić information content (AvgIpc) is 1.05. The lowest BCUT2D eigenvalue weighted by Gasteiger charge is -2.73. The topological polar surface area (TPSA) is 217 Å². The van der Waals surface area contributed by atoms with E-state index in [0.29, 0.717) is 86.9 Å². The minimum atomic E-state index is -0.833. The van der Waals surface area contributed by atoms with Crippen molar-refractivity contribution in [3.63, 3.8) is 0 Å². The van der Waals surface area contributed by atoms with Crippen molar-refractivity contribution in [1.29, 1.82) is 0 Å². The second kappa shape index (κ2) is 31.5. The average molecular weight is 1410 g/mol. The Hall–Kier alpha value is -3.66. The highest BCUT2D eigenvalue weighted by molar-refractivity contribution is 5.85. The van der Waals surface area contributed by atoms with E-state index in [-0.39, 0.29) is 64.1 Å². The fourth-order valence-corrected chi connectivity index (χ4v) is 27.5. The van der Waals surface area contributed by atoms with E-state index in [2.05, 4.69) is 79.9 Å². The molecular formula is C89H144N4O9. The molecule has 2 saturated heterocycles. The van der Waals surface area contributed by atoms with E-state index in [4.69, 9.17) is 47.7 Å². The van der Waals surface area contributed by atoms with Crippen molar-refractivity contribution in [2.24, 2.45) is 119 Å². The quantitative estimate of drug-likeness (QED) is 0.0547. The molecule has 10 N–H and O–H groups in total. The number of aliphatic carboxylic acids is 1. The van der Waals surface area contributed by atoms with Crippen molar-refractivity contribution in [2.75, 3.05) is 52.6 Å². The molecule has 12 fully saturated rings. The number of phenols is 2. The maximum atomic E-state index is 13.2. The number of Topliss-reactive ketones (excluding diaryl/α,β-unsaturated/α-hetero) is 1. The molecule has 3 unspecified atom stereocenters. The van der Waals surface area contributed by atoms with Crippen LogP contribution in [0.25, 0.3) is 0 Å². The summed E-state index contributed by atoms with van der Waals surface area (Å²) in [6, 6.07) is 15.6. The molecule has 10 aliphatic carbocycles. The normalized spacial score (nSPS) is 41.9. The summed E-state index contributed by atoms with van der Waals surface area (Å²) in [5.74, 6) is 6.69. The lowest BCUT2D eigenvalue weighted by Crippen LogP contribution is -2.67. The van der Waals surface area contributed by atoms with Crippen LogP contribution in [0.15, 0.2) is 72.8 Å². The largest absolute Gasteiger partial charge is 0.508 e. The highest BCUT2D eigenvalue weighted by atomic mass is 16.7. The molecule has 13 nitrogen and oxygen atoms in total. The van der Waals surface area contributed by atoms with Gasteiger partial charge in [-0.2, -0.15) is 0 Å². The molecule has 2 aromatic carbocycles. The van der Waals surface area contributed by atoms with Gasteiger partial charge in [0.1, 0.15) is 17.3 Å². The van der Waals surface area contributed by atoms with Gasteiger partial charge in [0.15, 0.2) is 12.6 Å². The van der Waals surface area contributed by atoms with Gasteiger partial charge in [-0.3, -0.25) is 9.59 Å². The van der Waals surface area contributed by atoms with Crippen LogP contribution in [0.3, 0.4) is 0 Å².